The van der Waals surface area contributed by atoms with Gasteiger partial charge in [-0.1, -0.05) is 49.7 Å². The van der Waals surface area contributed by atoms with Crippen LogP contribution < -0.4 is 10.1 Å². The first-order valence-corrected chi connectivity index (χ1v) is 11.5. The van der Waals surface area contributed by atoms with Crippen molar-refractivity contribution in [3.05, 3.63) is 53.1 Å². The Morgan fingerprint density at radius 1 is 1.13 bits per heavy atom. The smallest absolute Gasteiger partial charge is 0.407 e. The van der Waals surface area contributed by atoms with Crippen molar-refractivity contribution in [3.63, 3.8) is 0 Å². The maximum absolute atomic E-state index is 12.9. The molecular weight excluding hydrogens is 412 g/mol. The number of amides is 1. The summed E-state index contributed by atoms with van der Waals surface area (Å²) >= 11 is 6.02. The Hall–Kier alpha value is -2.24. The molecule has 2 aromatic rings. The summed E-state index contributed by atoms with van der Waals surface area (Å²) in [6.07, 6.45) is 1.91. The van der Waals surface area contributed by atoms with E-state index in [4.69, 9.17) is 21.1 Å². The Morgan fingerprint density at radius 2 is 1.84 bits per heavy atom. The highest BCUT2D eigenvalue weighted by atomic mass is 35.5. The second kappa shape index (κ2) is 8.03. The number of carbonyl (C=O) groups excluding carboxylic acids is 1. The van der Waals surface area contributed by atoms with Crippen molar-refractivity contribution < 1.29 is 14.3 Å². The maximum atomic E-state index is 12.9. The maximum Gasteiger partial charge on any atom is 0.407 e. The third kappa shape index (κ3) is 4.13. The van der Waals surface area contributed by atoms with Crippen LogP contribution in [0.25, 0.3) is 11.1 Å². The van der Waals surface area contributed by atoms with E-state index in [2.05, 4.69) is 36.2 Å². The van der Waals surface area contributed by atoms with Crippen molar-refractivity contribution in [2.24, 2.45) is 11.3 Å². The van der Waals surface area contributed by atoms with Crippen molar-refractivity contribution in [3.8, 4) is 16.9 Å². The first kappa shape index (κ1) is 20.7. The standard InChI is InChI=1S/C25H29ClN2O3/c1-25(2)15-30-21-13-18(16-3-6-19(26)7-4-16)5-8-20(21)23(25)27-24(29)31-22-14-28-11-9-17(22)10-12-28/h3-8,13,17,22-23H,9-12,14-15H2,1-2H3,(H,27,29)/t22-,23?/m0/s1. The molecule has 164 valence electrons. The lowest BCUT2D eigenvalue weighted by Crippen LogP contribution is -2.53. The molecule has 0 saturated carbocycles. The molecule has 1 unspecified atom stereocenters. The van der Waals surface area contributed by atoms with E-state index in [1.807, 2.05) is 30.3 Å². The van der Waals surface area contributed by atoms with E-state index in [-0.39, 0.29) is 23.7 Å². The fourth-order valence-corrected chi connectivity index (χ4v) is 5.22. The summed E-state index contributed by atoms with van der Waals surface area (Å²) in [6.45, 7) is 7.86. The highest BCUT2D eigenvalue weighted by molar-refractivity contribution is 6.30. The van der Waals surface area contributed by atoms with Gasteiger partial charge in [-0.3, -0.25) is 4.90 Å². The number of benzene rings is 2. The van der Waals surface area contributed by atoms with Gasteiger partial charge in [0.1, 0.15) is 11.9 Å². The Labute approximate surface area is 188 Å². The van der Waals surface area contributed by atoms with Crippen LogP contribution in [0.3, 0.4) is 0 Å². The number of hydrogen-bond acceptors (Lipinski definition) is 4. The summed E-state index contributed by atoms with van der Waals surface area (Å²) in [4.78, 5) is 15.3. The number of hydrogen-bond donors (Lipinski definition) is 1. The zero-order chi connectivity index (χ0) is 21.6. The van der Waals surface area contributed by atoms with Crippen LogP contribution >= 0.6 is 11.6 Å². The predicted molar refractivity (Wildman–Crippen MR) is 121 cm³/mol. The summed E-state index contributed by atoms with van der Waals surface area (Å²) in [7, 11) is 0. The first-order chi connectivity index (χ1) is 14.9. The number of rotatable bonds is 3. The fourth-order valence-electron chi connectivity index (χ4n) is 5.09. The lowest BCUT2D eigenvalue weighted by molar-refractivity contribution is -0.0361. The fraction of sp³-hybridized carbons (Fsp3) is 0.480. The van der Waals surface area contributed by atoms with Crippen LogP contribution in [0.15, 0.2) is 42.5 Å². The van der Waals surface area contributed by atoms with E-state index in [9.17, 15) is 4.79 Å². The molecule has 2 aromatic carbocycles. The molecular formula is C25H29ClN2O3. The van der Waals surface area contributed by atoms with Crippen LogP contribution in [0.4, 0.5) is 4.79 Å². The van der Waals surface area contributed by atoms with Gasteiger partial charge in [0.05, 0.1) is 12.6 Å². The third-order valence-electron chi connectivity index (χ3n) is 7.00. The highest BCUT2D eigenvalue weighted by Gasteiger charge is 2.41. The number of halogens is 1. The van der Waals surface area contributed by atoms with Gasteiger partial charge in [0, 0.05) is 22.5 Å². The molecule has 0 spiro atoms. The topological polar surface area (TPSA) is 50.8 Å². The van der Waals surface area contributed by atoms with E-state index in [0.717, 1.165) is 54.9 Å². The molecule has 4 aliphatic heterocycles. The van der Waals surface area contributed by atoms with Crippen molar-refractivity contribution in [2.45, 2.75) is 38.8 Å². The molecule has 3 fully saturated rings. The molecule has 2 atom stereocenters. The summed E-state index contributed by atoms with van der Waals surface area (Å²) in [5.74, 6) is 1.30. The van der Waals surface area contributed by atoms with E-state index < -0.39 is 0 Å². The summed E-state index contributed by atoms with van der Waals surface area (Å²) in [5.41, 5.74) is 2.87. The van der Waals surface area contributed by atoms with Crippen molar-refractivity contribution in [1.82, 2.24) is 10.2 Å². The van der Waals surface area contributed by atoms with Gasteiger partial charge in [-0.05, 0) is 61.2 Å². The average molecular weight is 441 g/mol. The quantitative estimate of drug-likeness (QED) is 0.704. The molecule has 6 heteroatoms. The summed E-state index contributed by atoms with van der Waals surface area (Å²) < 4.78 is 12.0. The molecule has 3 saturated heterocycles. The van der Waals surface area contributed by atoms with E-state index >= 15 is 0 Å². The number of alkyl carbamates (subject to hydrolysis) is 1. The molecule has 31 heavy (non-hydrogen) atoms. The van der Waals surface area contributed by atoms with Gasteiger partial charge in [0.2, 0.25) is 0 Å². The molecule has 0 radical (unpaired) electrons. The van der Waals surface area contributed by atoms with Crippen molar-refractivity contribution >= 4 is 17.7 Å². The number of fused-ring (bicyclic) bond motifs is 4. The molecule has 1 amide bonds. The van der Waals surface area contributed by atoms with Gasteiger partial charge in [0.15, 0.2) is 0 Å². The molecule has 1 N–H and O–H groups in total. The largest absolute Gasteiger partial charge is 0.493 e. The number of ether oxygens (including phenoxy) is 2. The Kier molecular flexibility index (Phi) is 5.35. The Morgan fingerprint density at radius 3 is 2.52 bits per heavy atom. The van der Waals surface area contributed by atoms with Crippen LogP contribution in [0.1, 0.15) is 38.3 Å². The first-order valence-electron chi connectivity index (χ1n) is 11.1. The SMILES string of the molecule is CC1(C)COc2cc(-c3ccc(Cl)cc3)ccc2C1NC(=O)O[C@H]1CN2CCC1CC2. The second-order valence-electron chi connectivity index (χ2n) is 9.70. The lowest BCUT2D eigenvalue weighted by Gasteiger charge is -2.44. The minimum Gasteiger partial charge on any atom is -0.493 e. The van der Waals surface area contributed by atoms with Crippen molar-refractivity contribution in [1.29, 1.82) is 0 Å². The molecule has 0 aromatic heterocycles. The van der Waals surface area contributed by atoms with Crippen LogP contribution in [0.2, 0.25) is 5.02 Å². The number of nitrogens with one attached hydrogen (secondary N) is 1. The van der Waals surface area contributed by atoms with Crippen LogP contribution in [-0.2, 0) is 4.74 Å². The third-order valence-corrected chi connectivity index (χ3v) is 7.25. The van der Waals surface area contributed by atoms with Crippen LogP contribution in [-0.4, -0.2) is 43.3 Å². The van der Waals surface area contributed by atoms with Crippen molar-refractivity contribution in [2.75, 3.05) is 26.2 Å². The zero-order valence-corrected chi connectivity index (χ0v) is 18.8. The lowest BCUT2D eigenvalue weighted by atomic mass is 9.78. The van der Waals surface area contributed by atoms with Crippen LogP contribution in [0.5, 0.6) is 5.75 Å². The summed E-state index contributed by atoms with van der Waals surface area (Å²) in [6, 6.07) is 13.8. The van der Waals surface area contributed by atoms with E-state index in [1.54, 1.807) is 0 Å². The average Bonchev–Trinajstić information content (AvgIpc) is 2.77. The van der Waals surface area contributed by atoms with Gasteiger partial charge in [-0.2, -0.15) is 0 Å². The molecule has 4 aliphatic rings. The number of piperidine rings is 3. The Bertz CT molecular complexity index is 967. The highest BCUT2D eigenvalue weighted by Crippen LogP contribution is 2.44. The van der Waals surface area contributed by atoms with Gasteiger partial charge < -0.3 is 14.8 Å². The van der Waals surface area contributed by atoms with Gasteiger partial charge in [-0.25, -0.2) is 4.79 Å². The van der Waals surface area contributed by atoms with Gasteiger partial charge in [0.25, 0.3) is 0 Å². The predicted octanol–water partition coefficient (Wildman–Crippen LogP) is 5.29. The summed E-state index contributed by atoms with van der Waals surface area (Å²) in [5, 5.41) is 3.88. The molecule has 5 nitrogen and oxygen atoms in total. The number of nitrogens with zero attached hydrogens (tertiary/aromatic N) is 1. The molecule has 4 heterocycles. The molecule has 0 aliphatic carbocycles. The zero-order valence-electron chi connectivity index (χ0n) is 18.1. The minimum atomic E-state index is -0.327. The van der Waals surface area contributed by atoms with E-state index in [1.165, 1.54) is 0 Å². The van der Waals surface area contributed by atoms with Gasteiger partial charge >= 0.3 is 6.09 Å². The van der Waals surface area contributed by atoms with Gasteiger partial charge in [-0.15, -0.1) is 0 Å². The normalized spacial score (nSPS) is 28.4. The minimum absolute atomic E-state index is 0.00259. The Balaban J connectivity index is 1.35. The number of carbonyl (C=O) groups is 1. The molecule has 2 bridgehead atoms. The second-order valence-corrected chi connectivity index (χ2v) is 10.1. The van der Waals surface area contributed by atoms with E-state index in [0.29, 0.717) is 17.5 Å². The monoisotopic (exact) mass is 440 g/mol. The molecule has 6 rings (SSSR count). The van der Waals surface area contributed by atoms with Crippen LogP contribution in [0, 0.1) is 11.3 Å².